The monoisotopic (exact) mass is 246 g/mol. The summed E-state index contributed by atoms with van der Waals surface area (Å²) >= 11 is 0. The fourth-order valence-electron chi connectivity index (χ4n) is 3.10. The Bertz CT molecular complexity index is 336. The van der Waals surface area contributed by atoms with Gasteiger partial charge in [0.1, 0.15) is 0 Å². The van der Waals surface area contributed by atoms with E-state index < -0.39 is 0 Å². The van der Waals surface area contributed by atoms with E-state index in [9.17, 15) is 0 Å². The Morgan fingerprint density at radius 2 is 2.11 bits per heavy atom. The molecule has 100 valence electrons. The van der Waals surface area contributed by atoms with Gasteiger partial charge in [0.15, 0.2) is 0 Å². The Morgan fingerprint density at radius 1 is 1.33 bits per heavy atom. The summed E-state index contributed by atoms with van der Waals surface area (Å²) in [6, 6.07) is 4.63. The fraction of sp³-hybridized carbons (Fsp3) is 0.688. The van der Waals surface area contributed by atoms with Crippen molar-refractivity contribution in [3.8, 4) is 0 Å². The standard InChI is InChI=1S/C16H26N2/c1-13-4-3-5-15(12-13)6-11-18-14(2)16-7-9-17-10-8-16/h7-10,13-15,18H,3-6,11-12H2,1-2H3. The summed E-state index contributed by atoms with van der Waals surface area (Å²) in [6.45, 7) is 5.78. The maximum Gasteiger partial charge on any atom is 0.0292 e. The van der Waals surface area contributed by atoms with Crippen LogP contribution in [-0.2, 0) is 0 Å². The first-order valence-corrected chi connectivity index (χ1v) is 7.39. The number of hydrogen-bond donors (Lipinski definition) is 1. The summed E-state index contributed by atoms with van der Waals surface area (Å²) in [5.74, 6) is 1.90. The van der Waals surface area contributed by atoms with E-state index in [-0.39, 0.29) is 0 Å². The first kappa shape index (κ1) is 13.5. The molecule has 1 aliphatic rings. The van der Waals surface area contributed by atoms with Crippen LogP contribution in [0.2, 0.25) is 0 Å². The molecule has 0 radical (unpaired) electrons. The predicted molar refractivity (Wildman–Crippen MR) is 76.4 cm³/mol. The van der Waals surface area contributed by atoms with E-state index in [0.29, 0.717) is 6.04 Å². The fourth-order valence-corrected chi connectivity index (χ4v) is 3.10. The van der Waals surface area contributed by atoms with E-state index in [1.54, 1.807) is 0 Å². The molecule has 0 saturated heterocycles. The molecule has 2 rings (SSSR count). The minimum Gasteiger partial charge on any atom is -0.310 e. The Balaban J connectivity index is 1.69. The van der Waals surface area contributed by atoms with Crippen molar-refractivity contribution in [1.82, 2.24) is 10.3 Å². The number of nitrogens with zero attached hydrogens (tertiary/aromatic N) is 1. The smallest absolute Gasteiger partial charge is 0.0292 e. The summed E-state index contributed by atoms with van der Waals surface area (Å²) in [6.07, 6.45) is 10.8. The Labute approximate surface area is 111 Å². The summed E-state index contributed by atoms with van der Waals surface area (Å²) in [4.78, 5) is 4.06. The molecule has 3 unspecified atom stereocenters. The second-order valence-corrected chi connectivity index (χ2v) is 5.88. The van der Waals surface area contributed by atoms with Gasteiger partial charge in [0.25, 0.3) is 0 Å². The van der Waals surface area contributed by atoms with Crippen molar-refractivity contribution in [2.45, 2.75) is 52.0 Å². The highest BCUT2D eigenvalue weighted by Gasteiger charge is 2.18. The molecule has 0 aliphatic heterocycles. The minimum atomic E-state index is 0.439. The van der Waals surface area contributed by atoms with Crippen molar-refractivity contribution in [2.24, 2.45) is 11.8 Å². The van der Waals surface area contributed by atoms with Gasteiger partial charge in [-0.25, -0.2) is 0 Å². The molecule has 2 heteroatoms. The van der Waals surface area contributed by atoms with Crippen molar-refractivity contribution in [1.29, 1.82) is 0 Å². The molecule has 3 atom stereocenters. The second-order valence-electron chi connectivity index (χ2n) is 5.88. The molecular formula is C16H26N2. The zero-order valence-corrected chi connectivity index (χ0v) is 11.7. The lowest BCUT2D eigenvalue weighted by Gasteiger charge is -2.27. The third-order valence-corrected chi connectivity index (χ3v) is 4.25. The van der Waals surface area contributed by atoms with Crippen molar-refractivity contribution >= 4 is 0 Å². The molecule has 0 spiro atoms. The average molecular weight is 246 g/mol. The molecule has 1 N–H and O–H groups in total. The third kappa shape index (κ3) is 4.09. The molecule has 1 saturated carbocycles. The maximum atomic E-state index is 4.06. The van der Waals surface area contributed by atoms with Crippen LogP contribution < -0.4 is 5.32 Å². The first-order valence-electron chi connectivity index (χ1n) is 7.39. The molecule has 0 amide bonds. The van der Waals surface area contributed by atoms with Gasteiger partial charge in [-0.2, -0.15) is 0 Å². The molecule has 0 bridgehead atoms. The molecule has 1 aromatic heterocycles. The van der Waals surface area contributed by atoms with Gasteiger partial charge in [0, 0.05) is 18.4 Å². The van der Waals surface area contributed by atoms with Gasteiger partial charge in [-0.1, -0.05) is 26.2 Å². The highest BCUT2D eigenvalue weighted by atomic mass is 14.9. The molecule has 0 aromatic carbocycles. The van der Waals surface area contributed by atoms with E-state index in [4.69, 9.17) is 0 Å². The van der Waals surface area contributed by atoms with Crippen molar-refractivity contribution < 1.29 is 0 Å². The lowest BCUT2D eigenvalue weighted by Crippen LogP contribution is -2.23. The van der Waals surface area contributed by atoms with Gasteiger partial charge < -0.3 is 5.32 Å². The van der Waals surface area contributed by atoms with Crippen LogP contribution in [0.4, 0.5) is 0 Å². The summed E-state index contributed by atoms with van der Waals surface area (Å²) in [7, 11) is 0. The Kier molecular flexibility index (Phi) is 5.18. The minimum absolute atomic E-state index is 0.439. The molecule has 18 heavy (non-hydrogen) atoms. The van der Waals surface area contributed by atoms with Gasteiger partial charge in [0.2, 0.25) is 0 Å². The Morgan fingerprint density at radius 3 is 2.83 bits per heavy atom. The van der Waals surface area contributed by atoms with Gasteiger partial charge in [0.05, 0.1) is 0 Å². The highest BCUT2D eigenvalue weighted by Crippen LogP contribution is 2.30. The van der Waals surface area contributed by atoms with Crippen LogP contribution in [0.25, 0.3) is 0 Å². The highest BCUT2D eigenvalue weighted by molar-refractivity contribution is 5.13. The normalized spacial score (nSPS) is 25.9. The average Bonchev–Trinajstić information content (AvgIpc) is 2.40. The van der Waals surface area contributed by atoms with Crippen LogP contribution in [0.3, 0.4) is 0 Å². The Hall–Kier alpha value is -0.890. The first-order chi connectivity index (χ1) is 8.75. The van der Waals surface area contributed by atoms with Crippen molar-refractivity contribution in [3.05, 3.63) is 30.1 Å². The van der Waals surface area contributed by atoms with Gasteiger partial charge in [-0.3, -0.25) is 4.98 Å². The predicted octanol–water partition coefficient (Wildman–Crippen LogP) is 3.95. The van der Waals surface area contributed by atoms with E-state index in [1.807, 2.05) is 12.4 Å². The van der Waals surface area contributed by atoms with Crippen molar-refractivity contribution in [3.63, 3.8) is 0 Å². The summed E-state index contributed by atoms with van der Waals surface area (Å²) in [5.41, 5.74) is 1.34. The van der Waals surface area contributed by atoms with Gasteiger partial charge in [-0.05, 0) is 55.8 Å². The zero-order chi connectivity index (χ0) is 12.8. The number of pyridine rings is 1. The van der Waals surface area contributed by atoms with Crippen LogP contribution in [-0.4, -0.2) is 11.5 Å². The zero-order valence-electron chi connectivity index (χ0n) is 11.7. The molecule has 2 nitrogen and oxygen atoms in total. The third-order valence-electron chi connectivity index (χ3n) is 4.25. The van der Waals surface area contributed by atoms with E-state index in [0.717, 1.165) is 18.4 Å². The summed E-state index contributed by atoms with van der Waals surface area (Å²) in [5, 5.41) is 3.63. The molecule has 1 fully saturated rings. The van der Waals surface area contributed by atoms with Gasteiger partial charge in [-0.15, -0.1) is 0 Å². The van der Waals surface area contributed by atoms with Crippen LogP contribution in [0.1, 0.15) is 57.6 Å². The SMILES string of the molecule is CC1CCCC(CCNC(C)c2ccncc2)C1. The lowest BCUT2D eigenvalue weighted by atomic mass is 9.81. The van der Waals surface area contributed by atoms with Crippen LogP contribution >= 0.6 is 0 Å². The van der Waals surface area contributed by atoms with Crippen LogP contribution in [0.5, 0.6) is 0 Å². The van der Waals surface area contributed by atoms with E-state index in [2.05, 4.69) is 36.3 Å². The topological polar surface area (TPSA) is 24.9 Å². The number of hydrogen-bond acceptors (Lipinski definition) is 2. The number of rotatable bonds is 5. The van der Waals surface area contributed by atoms with Crippen molar-refractivity contribution in [2.75, 3.05) is 6.54 Å². The van der Waals surface area contributed by atoms with Crippen LogP contribution in [0, 0.1) is 11.8 Å². The van der Waals surface area contributed by atoms with Gasteiger partial charge >= 0.3 is 0 Å². The quantitative estimate of drug-likeness (QED) is 0.851. The molecule has 1 aromatic rings. The second kappa shape index (κ2) is 6.89. The van der Waals surface area contributed by atoms with E-state index >= 15 is 0 Å². The van der Waals surface area contributed by atoms with Crippen LogP contribution in [0.15, 0.2) is 24.5 Å². The maximum absolute atomic E-state index is 4.06. The summed E-state index contributed by atoms with van der Waals surface area (Å²) < 4.78 is 0. The molecule has 1 aliphatic carbocycles. The molecular weight excluding hydrogens is 220 g/mol. The number of aromatic nitrogens is 1. The lowest BCUT2D eigenvalue weighted by molar-refractivity contribution is 0.265. The van der Waals surface area contributed by atoms with E-state index in [1.165, 1.54) is 37.7 Å². The largest absolute Gasteiger partial charge is 0.310 e. The molecule has 1 heterocycles. The number of nitrogens with one attached hydrogen (secondary N) is 1.